The maximum absolute atomic E-state index is 12.6. The molecule has 0 aliphatic carbocycles. The third-order valence-corrected chi connectivity index (χ3v) is 5.84. The standard InChI is InChI=1S/C20H21N3O2S2/c1-4-10-23-19(25)16-9-11-26-18(16)22-20(23)27-12-17(24)21-15-7-5-14(6-8-15)13(2)3/h4-9,11,13H,1,10,12H2,2-3H3,(H,21,24). The normalized spacial score (nSPS) is 11.1. The average molecular weight is 400 g/mol. The predicted octanol–water partition coefficient (Wildman–Crippen LogP) is 4.50. The Bertz CT molecular complexity index is 1020. The van der Waals surface area contributed by atoms with Crippen LogP contribution < -0.4 is 10.9 Å². The van der Waals surface area contributed by atoms with Crippen LogP contribution in [0.1, 0.15) is 25.3 Å². The Balaban J connectivity index is 1.72. The summed E-state index contributed by atoms with van der Waals surface area (Å²) < 4.78 is 1.55. The van der Waals surface area contributed by atoms with Gasteiger partial charge in [-0.05, 0) is 35.1 Å². The number of fused-ring (bicyclic) bond motifs is 1. The highest BCUT2D eigenvalue weighted by atomic mass is 32.2. The van der Waals surface area contributed by atoms with Crippen LogP contribution in [0.4, 0.5) is 5.69 Å². The fraction of sp³-hybridized carbons (Fsp3) is 0.250. The Morgan fingerprint density at radius 2 is 2.07 bits per heavy atom. The van der Waals surface area contributed by atoms with Crippen LogP contribution >= 0.6 is 23.1 Å². The highest BCUT2D eigenvalue weighted by Crippen LogP contribution is 2.22. The fourth-order valence-corrected chi connectivity index (χ4v) is 4.22. The lowest BCUT2D eigenvalue weighted by molar-refractivity contribution is -0.113. The van der Waals surface area contributed by atoms with E-state index in [0.717, 1.165) is 5.69 Å². The number of carbonyl (C=O) groups excluding carboxylic acids is 1. The minimum absolute atomic E-state index is 0.103. The maximum Gasteiger partial charge on any atom is 0.263 e. The number of nitrogens with one attached hydrogen (secondary N) is 1. The average Bonchev–Trinajstić information content (AvgIpc) is 3.12. The smallest absolute Gasteiger partial charge is 0.263 e. The number of carbonyl (C=O) groups is 1. The van der Waals surface area contributed by atoms with Crippen molar-refractivity contribution in [2.75, 3.05) is 11.1 Å². The summed E-state index contributed by atoms with van der Waals surface area (Å²) in [4.78, 5) is 30.1. The molecule has 0 radical (unpaired) electrons. The zero-order valence-electron chi connectivity index (χ0n) is 15.3. The summed E-state index contributed by atoms with van der Waals surface area (Å²) in [5, 5.41) is 5.86. The van der Waals surface area contributed by atoms with Gasteiger partial charge in [-0.25, -0.2) is 4.98 Å². The number of thiophene rings is 1. The summed E-state index contributed by atoms with van der Waals surface area (Å²) in [6, 6.07) is 9.61. The van der Waals surface area contributed by atoms with Crippen LogP contribution in [-0.2, 0) is 11.3 Å². The zero-order valence-corrected chi connectivity index (χ0v) is 16.9. The van der Waals surface area contributed by atoms with Crippen molar-refractivity contribution >= 4 is 44.9 Å². The van der Waals surface area contributed by atoms with E-state index in [9.17, 15) is 9.59 Å². The number of benzene rings is 1. The van der Waals surface area contributed by atoms with E-state index in [4.69, 9.17) is 0 Å². The molecular weight excluding hydrogens is 378 g/mol. The quantitative estimate of drug-likeness (QED) is 0.361. The van der Waals surface area contributed by atoms with E-state index in [-0.39, 0.29) is 17.2 Å². The second-order valence-corrected chi connectivity index (χ2v) is 8.19. The van der Waals surface area contributed by atoms with Crippen LogP contribution in [0, 0.1) is 0 Å². The first-order valence-electron chi connectivity index (χ1n) is 8.61. The highest BCUT2D eigenvalue weighted by Gasteiger charge is 2.13. The molecule has 1 N–H and O–H groups in total. The molecule has 5 nitrogen and oxygen atoms in total. The number of hydrogen-bond acceptors (Lipinski definition) is 5. The molecule has 0 unspecified atom stereocenters. The van der Waals surface area contributed by atoms with Crippen LogP contribution in [0.25, 0.3) is 10.2 Å². The van der Waals surface area contributed by atoms with Crippen molar-refractivity contribution in [3.05, 3.63) is 64.3 Å². The molecule has 2 aromatic heterocycles. The molecule has 0 saturated heterocycles. The summed E-state index contributed by atoms with van der Waals surface area (Å²) in [7, 11) is 0. The minimum atomic E-state index is -0.136. The Morgan fingerprint density at radius 1 is 1.33 bits per heavy atom. The predicted molar refractivity (Wildman–Crippen MR) is 114 cm³/mol. The molecule has 0 aliphatic heterocycles. The Labute approximate surface area is 166 Å². The van der Waals surface area contributed by atoms with Gasteiger partial charge in [0.15, 0.2) is 5.16 Å². The molecule has 3 rings (SSSR count). The van der Waals surface area contributed by atoms with Crippen LogP contribution in [0.3, 0.4) is 0 Å². The van der Waals surface area contributed by atoms with E-state index in [1.54, 1.807) is 16.7 Å². The summed E-state index contributed by atoms with van der Waals surface area (Å²) in [5.41, 5.74) is 1.88. The van der Waals surface area contributed by atoms with Gasteiger partial charge in [-0.3, -0.25) is 14.2 Å². The van der Waals surface area contributed by atoms with Crippen LogP contribution in [0.5, 0.6) is 0 Å². The van der Waals surface area contributed by atoms with Gasteiger partial charge in [0.1, 0.15) is 4.83 Å². The van der Waals surface area contributed by atoms with Gasteiger partial charge in [-0.15, -0.1) is 17.9 Å². The first kappa shape index (κ1) is 19.4. The molecule has 1 amide bonds. The molecule has 2 heterocycles. The van der Waals surface area contributed by atoms with Crippen molar-refractivity contribution in [1.82, 2.24) is 9.55 Å². The maximum atomic E-state index is 12.6. The number of amides is 1. The largest absolute Gasteiger partial charge is 0.325 e. The molecule has 1 aromatic carbocycles. The first-order valence-corrected chi connectivity index (χ1v) is 10.5. The number of anilines is 1. The molecule has 7 heteroatoms. The van der Waals surface area contributed by atoms with Crippen LogP contribution in [0.15, 0.2) is 58.3 Å². The monoisotopic (exact) mass is 399 g/mol. The van der Waals surface area contributed by atoms with Crippen molar-refractivity contribution < 1.29 is 4.79 Å². The van der Waals surface area contributed by atoms with Crippen molar-refractivity contribution in [3.63, 3.8) is 0 Å². The second kappa shape index (κ2) is 8.54. The highest BCUT2D eigenvalue weighted by molar-refractivity contribution is 7.99. The van der Waals surface area contributed by atoms with Gasteiger partial charge >= 0.3 is 0 Å². The van der Waals surface area contributed by atoms with Crippen LogP contribution in [-0.4, -0.2) is 21.2 Å². The summed E-state index contributed by atoms with van der Waals surface area (Å²) in [6.45, 7) is 8.32. The summed E-state index contributed by atoms with van der Waals surface area (Å²) in [6.07, 6.45) is 1.65. The fourth-order valence-electron chi connectivity index (χ4n) is 2.61. The second-order valence-electron chi connectivity index (χ2n) is 6.35. The summed E-state index contributed by atoms with van der Waals surface area (Å²) in [5.74, 6) is 0.486. The SMILES string of the molecule is C=CCn1c(SCC(=O)Nc2ccc(C(C)C)cc2)nc2sccc2c1=O. The van der Waals surface area contributed by atoms with Crippen molar-refractivity contribution in [2.45, 2.75) is 31.5 Å². The third-order valence-electron chi connectivity index (χ3n) is 4.05. The Morgan fingerprint density at radius 3 is 2.74 bits per heavy atom. The lowest BCUT2D eigenvalue weighted by atomic mass is 10.0. The Hall–Kier alpha value is -2.38. The molecular formula is C20H21N3O2S2. The topological polar surface area (TPSA) is 64.0 Å². The molecule has 0 spiro atoms. The van der Waals surface area contributed by atoms with Crippen LogP contribution in [0.2, 0.25) is 0 Å². The van der Waals surface area contributed by atoms with E-state index < -0.39 is 0 Å². The van der Waals surface area contributed by atoms with Gasteiger partial charge in [0.25, 0.3) is 5.56 Å². The van der Waals surface area contributed by atoms with Crippen molar-refractivity contribution in [3.8, 4) is 0 Å². The third kappa shape index (κ3) is 4.48. The number of rotatable bonds is 7. The molecule has 140 valence electrons. The first-order chi connectivity index (χ1) is 13.0. The summed E-state index contributed by atoms with van der Waals surface area (Å²) >= 11 is 2.67. The lowest BCUT2D eigenvalue weighted by Crippen LogP contribution is -2.23. The van der Waals surface area contributed by atoms with Crippen molar-refractivity contribution in [1.29, 1.82) is 0 Å². The van der Waals surface area contributed by atoms with E-state index in [2.05, 4.69) is 30.7 Å². The number of aromatic nitrogens is 2. The molecule has 0 atom stereocenters. The Kier molecular flexibility index (Phi) is 6.13. The van der Waals surface area contributed by atoms with Gasteiger partial charge in [0.05, 0.1) is 11.1 Å². The van der Waals surface area contributed by atoms with E-state index in [1.807, 2.05) is 29.6 Å². The molecule has 0 aliphatic rings. The molecule has 27 heavy (non-hydrogen) atoms. The van der Waals surface area contributed by atoms with Gasteiger partial charge in [-0.2, -0.15) is 0 Å². The molecule has 3 aromatic rings. The number of allylic oxidation sites excluding steroid dienone is 1. The minimum Gasteiger partial charge on any atom is -0.325 e. The van der Waals surface area contributed by atoms with Gasteiger partial charge in [0.2, 0.25) is 5.91 Å². The molecule has 0 fully saturated rings. The van der Waals surface area contributed by atoms with E-state index in [0.29, 0.717) is 27.8 Å². The van der Waals surface area contributed by atoms with E-state index in [1.165, 1.54) is 28.7 Å². The molecule has 0 saturated carbocycles. The van der Waals surface area contributed by atoms with E-state index >= 15 is 0 Å². The lowest BCUT2D eigenvalue weighted by Gasteiger charge is -2.11. The van der Waals surface area contributed by atoms with Gasteiger partial charge in [0, 0.05) is 12.2 Å². The van der Waals surface area contributed by atoms with Gasteiger partial charge in [-0.1, -0.05) is 43.8 Å². The number of nitrogens with zero attached hydrogens (tertiary/aromatic N) is 2. The zero-order chi connectivity index (χ0) is 19.4. The number of hydrogen-bond donors (Lipinski definition) is 1. The molecule has 0 bridgehead atoms. The van der Waals surface area contributed by atoms with Crippen molar-refractivity contribution in [2.24, 2.45) is 0 Å². The van der Waals surface area contributed by atoms with Gasteiger partial charge < -0.3 is 5.32 Å². The number of thioether (sulfide) groups is 1.